The van der Waals surface area contributed by atoms with Crippen LogP contribution in [0, 0.1) is 0 Å². The minimum Gasteiger partial charge on any atom is -0.384 e. The van der Waals surface area contributed by atoms with Crippen molar-refractivity contribution < 1.29 is 22.7 Å². The van der Waals surface area contributed by atoms with Gasteiger partial charge in [-0.3, -0.25) is 4.79 Å². The van der Waals surface area contributed by atoms with Crippen LogP contribution in [0.25, 0.3) is 0 Å². The quantitative estimate of drug-likeness (QED) is 0.808. The van der Waals surface area contributed by atoms with Crippen LogP contribution >= 0.6 is 0 Å². The first-order valence-corrected chi connectivity index (χ1v) is 9.25. The molecule has 128 valence electrons. The van der Waals surface area contributed by atoms with Gasteiger partial charge >= 0.3 is 0 Å². The van der Waals surface area contributed by atoms with Crippen molar-refractivity contribution in [3.05, 3.63) is 29.8 Å². The first kappa shape index (κ1) is 17.9. The molecule has 7 heteroatoms. The summed E-state index contributed by atoms with van der Waals surface area (Å²) in [6.45, 7) is 5.09. The molecular weight excluding hydrogens is 318 g/mol. The number of hydrogen-bond acceptors (Lipinski definition) is 5. The zero-order chi connectivity index (χ0) is 17.0. The normalized spacial score (nSPS) is 22.1. The summed E-state index contributed by atoms with van der Waals surface area (Å²) in [5.74, 6) is -0.178. The number of amides is 1. The highest BCUT2D eigenvalue weighted by atomic mass is 32.2. The first-order valence-electron chi connectivity index (χ1n) is 7.60. The molecule has 1 heterocycles. The minimum atomic E-state index is -3.38. The Hall–Kier alpha value is -1.44. The molecule has 1 fully saturated rings. The molecule has 0 spiro atoms. The summed E-state index contributed by atoms with van der Waals surface area (Å²) in [5.41, 5.74) is 0.483. The summed E-state index contributed by atoms with van der Waals surface area (Å²) in [6, 6.07) is 6.08. The molecule has 2 atom stereocenters. The summed E-state index contributed by atoms with van der Waals surface area (Å²) < 4.78 is 34.6. The second-order valence-corrected chi connectivity index (χ2v) is 7.91. The van der Waals surface area contributed by atoms with Gasteiger partial charge in [0, 0.05) is 25.8 Å². The van der Waals surface area contributed by atoms with E-state index in [9.17, 15) is 13.2 Å². The van der Waals surface area contributed by atoms with Gasteiger partial charge < -0.3 is 14.4 Å². The topological polar surface area (TPSA) is 72.9 Å². The van der Waals surface area contributed by atoms with Crippen LogP contribution in [0.4, 0.5) is 0 Å². The maximum Gasteiger partial charge on any atom is 0.254 e. The summed E-state index contributed by atoms with van der Waals surface area (Å²) >= 11 is 0. The summed E-state index contributed by atoms with van der Waals surface area (Å²) in [5, 5.41) is 0. The van der Waals surface area contributed by atoms with E-state index in [0.717, 1.165) is 0 Å². The van der Waals surface area contributed by atoms with E-state index >= 15 is 0 Å². The van der Waals surface area contributed by atoms with Crippen LogP contribution in [-0.4, -0.2) is 64.0 Å². The van der Waals surface area contributed by atoms with Crippen molar-refractivity contribution in [2.75, 3.05) is 32.6 Å². The number of rotatable bonds is 5. The number of sulfone groups is 1. The van der Waals surface area contributed by atoms with Crippen LogP contribution in [0.2, 0.25) is 0 Å². The van der Waals surface area contributed by atoms with Crippen LogP contribution in [0.15, 0.2) is 29.2 Å². The van der Waals surface area contributed by atoms with Gasteiger partial charge in [0.15, 0.2) is 9.84 Å². The molecule has 23 heavy (non-hydrogen) atoms. The summed E-state index contributed by atoms with van der Waals surface area (Å²) in [7, 11) is -1.92. The Kier molecular flexibility index (Phi) is 5.78. The van der Waals surface area contributed by atoms with Gasteiger partial charge in [0.05, 0.1) is 29.5 Å². The number of benzene rings is 1. The number of carbonyl (C=O) groups is 1. The number of carbonyl (C=O) groups excluding carboxylic acids is 1. The lowest BCUT2D eigenvalue weighted by Crippen LogP contribution is -2.48. The third-order valence-corrected chi connectivity index (χ3v) is 5.42. The molecule has 0 unspecified atom stereocenters. The lowest BCUT2D eigenvalue weighted by Gasteiger charge is -2.35. The summed E-state index contributed by atoms with van der Waals surface area (Å²) in [6.07, 6.45) is -0.00668. The monoisotopic (exact) mass is 341 g/mol. The Labute approximate surface area is 137 Å². The van der Waals surface area contributed by atoms with E-state index in [1.807, 2.05) is 13.8 Å². The Bertz CT molecular complexity index is 631. The SMILES string of the molecule is COCCS(=O)(=O)c1ccc(C(=O)N2C[C@@H](C)O[C@H](C)C2)cc1. The fourth-order valence-electron chi connectivity index (χ4n) is 2.64. The van der Waals surface area contributed by atoms with Crippen molar-refractivity contribution in [1.82, 2.24) is 4.90 Å². The fourth-order valence-corrected chi connectivity index (χ4v) is 3.81. The van der Waals surface area contributed by atoms with E-state index < -0.39 is 9.84 Å². The van der Waals surface area contributed by atoms with Gasteiger partial charge in [-0.1, -0.05) is 0 Å². The smallest absolute Gasteiger partial charge is 0.254 e. The van der Waals surface area contributed by atoms with E-state index in [-0.39, 0.29) is 35.4 Å². The molecular formula is C16H23NO5S. The largest absolute Gasteiger partial charge is 0.384 e. The van der Waals surface area contributed by atoms with Gasteiger partial charge in [0.1, 0.15) is 0 Å². The van der Waals surface area contributed by atoms with E-state index in [2.05, 4.69) is 0 Å². The van der Waals surface area contributed by atoms with Crippen molar-refractivity contribution in [2.24, 2.45) is 0 Å². The molecule has 1 aromatic rings. The van der Waals surface area contributed by atoms with Crippen LogP contribution in [0.3, 0.4) is 0 Å². The van der Waals surface area contributed by atoms with Crippen molar-refractivity contribution >= 4 is 15.7 Å². The maximum absolute atomic E-state index is 12.5. The molecule has 1 aromatic carbocycles. The van der Waals surface area contributed by atoms with Crippen LogP contribution in [0.1, 0.15) is 24.2 Å². The first-order chi connectivity index (χ1) is 10.8. The molecule has 2 rings (SSSR count). The average Bonchev–Trinajstić information content (AvgIpc) is 2.51. The zero-order valence-corrected chi connectivity index (χ0v) is 14.5. The highest BCUT2D eigenvalue weighted by molar-refractivity contribution is 7.91. The van der Waals surface area contributed by atoms with E-state index in [1.54, 1.807) is 17.0 Å². The third-order valence-electron chi connectivity index (χ3n) is 3.72. The summed E-state index contributed by atoms with van der Waals surface area (Å²) in [4.78, 5) is 14.5. The highest BCUT2D eigenvalue weighted by Crippen LogP contribution is 2.17. The molecule has 1 amide bonds. The molecule has 0 bridgehead atoms. The Morgan fingerprint density at radius 1 is 1.22 bits per heavy atom. The Morgan fingerprint density at radius 3 is 2.30 bits per heavy atom. The Morgan fingerprint density at radius 2 is 1.78 bits per heavy atom. The van der Waals surface area contributed by atoms with Gasteiger partial charge in [-0.05, 0) is 38.1 Å². The molecule has 1 aliphatic heterocycles. The predicted octanol–water partition coefficient (Wildman–Crippen LogP) is 1.36. The van der Waals surface area contributed by atoms with Gasteiger partial charge in [-0.25, -0.2) is 8.42 Å². The maximum atomic E-state index is 12.5. The molecule has 0 aliphatic carbocycles. The second-order valence-electron chi connectivity index (χ2n) is 5.80. The Balaban J connectivity index is 2.11. The zero-order valence-electron chi connectivity index (χ0n) is 13.7. The van der Waals surface area contributed by atoms with Crippen molar-refractivity contribution in [2.45, 2.75) is 31.0 Å². The van der Waals surface area contributed by atoms with Gasteiger partial charge in [-0.15, -0.1) is 0 Å². The lowest BCUT2D eigenvalue weighted by molar-refractivity contribution is -0.0586. The number of ether oxygens (including phenoxy) is 2. The number of methoxy groups -OCH3 is 1. The van der Waals surface area contributed by atoms with Crippen LogP contribution in [0.5, 0.6) is 0 Å². The number of hydrogen-bond donors (Lipinski definition) is 0. The van der Waals surface area contributed by atoms with Gasteiger partial charge in [0.2, 0.25) is 0 Å². The van der Waals surface area contributed by atoms with E-state index in [0.29, 0.717) is 18.7 Å². The molecule has 0 aromatic heterocycles. The number of nitrogens with zero attached hydrogens (tertiary/aromatic N) is 1. The van der Waals surface area contributed by atoms with Gasteiger partial charge in [0.25, 0.3) is 5.91 Å². The third kappa shape index (κ3) is 4.53. The van der Waals surface area contributed by atoms with E-state index in [1.165, 1.54) is 19.2 Å². The molecule has 0 radical (unpaired) electrons. The minimum absolute atomic E-state index is 0.00334. The fraction of sp³-hybridized carbons (Fsp3) is 0.562. The van der Waals surface area contributed by atoms with Gasteiger partial charge in [-0.2, -0.15) is 0 Å². The second kappa shape index (κ2) is 7.42. The molecule has 0 saturated carbocycles. The lowest BCUT2D eigenvalue weighted by atomic mass is 10.1. The predicted molar refractivity (Wildman–Crippen MR) is 86.3 cm³/mol. The van der Waals surface area contributed by atoms with Crippen molar-refractivity contribution in [1.29, 1.82) is 0 Å². The molecule has 0 N–H and O–H groups in total. The van der Waals surface area contributed by atoms with Crippen LogP contribution in [-0.2, 0) is 19.3 Å². The molecule has 1 saturated heterocycles. The average molecular weight is 341 g/mol. The van der Waals surface area contributed by atoms with E-state index in [4.69, 9.17) is 9.47 Å². The molecule has 1 aliphatic rings. The highest BCUT2D eigenvalue weighted by Gasteiger charge is 2.26. The van der Waals surface area contributed by atoms with Crippen molar-refractivity contribution in [3.63, 3.8) is 0 Å². The number of morpholine rings is 1. The molecule has 6 nitrogen and oxygen atoms in total. The standard InChI is InChI=1S/C16H23NO5S/c1-12-10-17(11-13(2)22-12)16(18)14-4-6-15(7-5-14)23(19,20)9-8-21-3/h4-7,12-13H,8-11H2,1-3H3/t12-,13-/m1/s1. The van der Waals surface area contributed by atoms with Crippen LogP contribution < -0.4 is 0 Å². The van der Waals surface area contributed by atoms with Crippen molar-refractivity contribution in [3.8, 4) is 0 Å².